The van der Waals surface area contributed by atoms with E-state index in [9.17, 15) is 22.8 Å². The summed E-state index contributed by atoms with van der Waals surface area (Å²) in [6.07, 6.45) is -4.52. The van der Waals surface area contributed by atoms with Crippen molar-refractivity contribution in [2.75, 3.05) is 11.4 Å². The first kappa shape index (κ1) is 14.6. The summed E-state index contributed by atoms with van der Waals surface area (Å²) in [6, 6.07) is 1.83. The molecule has 8 heteroatoms. The van der Waals surface area contributed by atoms with E-state index in [-0.39, 0.29) is 23.2 Å². The molecule has 0 saturated carbocycles. The lowest BCUT2D eigenvalue weighted by Gasteiger charge is -2.33. The van der Waals surface area contributed by atoms with E-state index in [2.05, 4.69) is 5.32 Å². The molecule has 1 aliphatic heterocycles. The molecule has 0 aromatic heterocycles. The van der Waals surface area contributed by atoms with Gasteiger partial charge in [0.1, 0.15) is 6.04 Å². The molecule has 0 radical (unpaired) electrons. The third-order valence-electron chi connectivity index (χ3n) is 2.98. The molecule has 1 aromatic carbocycles. The Balaban J connectivity index is 2.42. The second kappa shape index (κ2) is 4.97. The van der Waals surface area contributed by atoms with E-state index in [0.29, 0.717) is 0 Å². The first-order chi connectivity index (χ1) is 9.21. The van der Waals surface area contributed by atoms with E-state index in [1.165, 1.54) is 6.92 Å². The Kier molecular flexibility index (Phi) is 3.64. The lowest BCUT2D eigenvalue weighted by molar-refractivity contribution is -0.137. The molecule has 0 spiro atoms. The van der Waals surface area contributed by atoms with E-state index >= 15 is 0 Å². The third-order valence-corrected chi connectivity index (χ3v) is 3.29. The monoisotopic (exact) mass is 306 g/mol. The number of benzene rings is 1. The Morgan fingerprint density at radius 3 is 2.55 bits per heavy atom. The van der Waals surface area contributed by atoms with Crippen LogP contribution in [0.2, 0.25) is 5.02 Å². The van der Waals surface area contributed by atoms with Gasteiger partial charge in [-0.05, 0) is 25.1 Å². The quantitative estimate of drug-likeness (QED) is 0.865. The van der Waals surface area contributed by atoms with Crippen molar-refractivity contribution in [1.82, 2.24) is 5.32 Å². The van der Waals surface area contributed by atoms with Crippen LogP contribution in [0.3, 0.4) is 0 Å². The summed E-state index contributed by atoms with van der Waals surface area (Å²) < 4.78 is 37.7. The maximum atomic E-state index is 12.6. The molecule has 1 atom stereocenters. The molecule has 1 heterocycles. The number of nitrogens with one attached hydrogen (secondary N) is 1. The molecule has 0 aliphatic carbocycles. The largest absolute Gasteiger partial charge is 0.416 e. The number of rotatable bonds is 1. The van der Waals surface area contributed by atoms with Gasteiger partial charge in [-0.15, -0.1) is 0 Å². The van der Waals surface area contributed by atoms with Crippen LogP contribution in [0.5, 0.6) is 0 Å². The average molecular weight is 307 g/mol. The van der Waals surface area contributed by atoms with Gasteiger partial charge in [-0.25, -0.2) is 0 Å². The van der Waals surface area contributed by atoms with Gasteiger partial charge >= 0.3 is 6.18 Å². The van der Waals surface area contributed by atoms with Gasteiger partial charge in [0.25, 0.3) is 0 Å². The summed E-state index contributed by atoms with van der Waals surface area (Å²) >= 11 is 5.82. The molecule has 108 valence electrons. The number of anilines is 1. The van der Waals surface area contributed by atoms with Crippen molar-refractivity contribution >= 4 is 29.1 Å². The van der Waals surface area contributed by atoms with Crippen LogP contribution in [0.4, 0.5) is 18.9 Å². The summed E-state index contributed by atoms with van der Waals surface area (Å²) in [7, 11) is 0. The number of halogens is 4. The second-order valence-corrected chi connectivity index (χ2v) is 4.73. The van der Waals surface area contributed by atoms with Crippen molar-refractivity contribution < 1.29 is 22.8 Å². The van der Waals surface area contributed by atoms with Gasteiger partial charge < -0.3 is 5.32 Å². The fraction of sp³-hybridized carbons (Fsp3) is 0.333. The van der Waals surface area contributed by atoms with Crippen molar-refractivity contribution in [3.63, 3.8) is 0 Å². The molecule has 2 amide bonds. The molecule has 1 unspecified atom stereocenters. The maximum Gasteiger partial charge on any atom is 0.416 e. The molecule has 20 heavy (non-hydrogen) atoms. The zero-order valence-corrected chi connectivity index (χ0v) is 11.0. The number of nitrogens with zero attached hydrogens (tertiary/aromatic N) is 1. The van der Waals surface area contributed by atoms with Gasteiger partial charge in [-0.2, -0.15) is 13.2 Å². The predicted octanol–water partition coefficient (Wildman–Crippen LogP) is 2.21. The van der Waals surface area contributed by atoms with Crippen molar-refractivity contribution in [1.29, 1.82) is 0 Å². The number of carbonyl (C=O) groups excluding carboxylic acids is 2. The van der Waals surface area contributed by atoms with Crippen LogP contribution < -0.4 is 10.2 Å². The second-order valence-electron chi connectivity index (χ2n) is 4.32. The zero-order valence-electron chi connectivity index (χ0n) is 10.3. The van der Waals surface area contributed by atoms with Crippen LogP contribution in [-0.4, -0.2) is 24.4 Å². The van der Waals surface area contributed by atoms with Crippen LogP contribution >= 0.6 is 11.6 Å². The summed E-state index contributed by atoms with van der Waals surface area (Å²) in [5.74, 6) is -0.820. The number of alkyl halides is 3. The van der Waals surface area contributed by atoms with E-state index in [0.717, 1.165) is 23.1 Å². The number of carbonyl (C=O) groups is 2. The highest BCUT2D eigenvalue weighted by atomic mass is 35.5. The highest BCUT2D eigenvalue weighted by Gasteiger charge is 2.35. The maximum absolute atomic E-state index is 12.6. The highest BCUT2D eigenvalue weighted by Crippen LogP contribution is 2.36. The Hall–Kier alpha value is -1.76. The number of piperazine rings is 1. The Labute approximate surface area is 117 Å². The van der Waals surface area contributed by atoms with Crippen LogP contribution in [0.25, 0.3) is 0 Å². The van der Waals surface area contributed by atoms with Gasteiger partial charge in [0, 0.05) is 0 Å². The predicted molar refractivity (Wildman–Crippen MR) is 66.4 cm³/mol. The van der Waals surface area contributed by atoms with Crippen LogP contribution in [0.1, 0.15) is 12.5 Å². The van der Waals surface area contributed by atoms with Crippen LogP contribution in [0, 0.1) is 0 Å². The number of amides is 2. The highest BCUT2D eigenvalue weighted by molar-refractivity contribution is 6.34. The molecular formula is C12H10ClF3N2O2. The normalized spacial score (nSPS) is 20.1. The molecule has 1 fully saturated rings. The topological polar surface area (TPSA) is 49.4 Å². The zero-order chi connectivity index (χ0) is 15.1. The minimum atomic E-state index is -4.52. The molecule has 1 aliphatic rings. The summed E-state index contributed by atoms with van der Waals surface area (Å²) in [4.78, 5) is 24.4. The Morgan fingerprint density at radius 2 is 2.00 bits per heavy atom. The van der Waals surface area contributed by atoms with Crippen molar-refractivity contribution in [3.05, 3.63) is 28.8 Å². The van der Waals surface area contributed by atoms with E-state index in [1.54, 1.807) is 0 Å². The third kappa shape index (κ3) is 2.58. The number of hydrogen-bond donors (Lipinski definition) is 1. The summed E-state index contributed by atoms with van der Waals surface area (Å²) in [5, 5.41) is 2.16. The van der Waals surface area contributed by atoms with Gasteiger partial charge in [0.05, 0.1) is 22.8 Å². The summed E-state index contributed by atoms with van der Waals surface area (Å²) in [6.45, 7) is 1.26. The smallest absolute Gasteiger partial charge is 0.345 e. The van der Waals surface area contributed by atoms with Crippen molar-refractivity contribution in [3.8, 4) is 0 Å². The van der Waals surface area contributed by atoms with Crippen LogP contribution in [-0.2, 0) is 15.8 Å². The molecular weight excluding hydrogens is 297 g/mol. The van der Waals surface area contributed by atoms with Gasteiger partial charge in [0.2, 0.25) is 11.8 Å². The molecule has 1 N–H and O–H groups in total. The minimum Gasteiger partial charge on any atom is -0.345 e. The van der Waals surface area contributed by atoms with E-state index < -0.39 is 23.7 Å². The molecule has 1 saturated heterocycles. The molecule has 2 rings (SSSR count). The Bertz CT molecular complexity index is 574. The fourth-order valence-electron chi connectivity index (χ4n) is 1.95. The standard InChI is InChI=1S/C12H10ClF3N2O2/c1-6-11(20)17-5-10(19)18(6)9-3-2-7(4-8(9)13)12(14,15)16/h2-4,6H,5H2,1H3,(H,17,20). The molecule has 4 nitrogen and oxygen atoms in total. The Morgan fingerprint density at radius 1 is 1.35 bits per heavy atom. The molecule has 0 bridgehead atoms. The SMILES string of the molecule is CC1C(=O)NCC(=O)N1c1ccc(C(F)(F)F)cc1Cl. The van der Waals surface area contributed by atoms with Crippen LogP contribution in [0.15, 0.2) is 18.2 Å². The van der Waals surface area contributed by atoms with Crippen molar-refractivity contribution in [2.45, 2.75) is 19.1 Å². The fourth-order valence-corrected chi connectivity index (χ4v) is 2.22. The van der Waals surface area contributed by atoms with Gasteiger partial charge in [0.15, 0.2) is 0 Å². The first-order valence-electron chi connectivity index (χ1n) is 5.68. The lowest BCUT2D eigenvalue weighted by atomic mass is 10.1. The van der Waals surface area contributed by atoms with Gasteiger partial charge in [-0.3, -0.25) is 14.5 Å². The lowest BCUT2D eigenvalue weighted by Crippen LogP contribution is -2.57. The molecule has 1 aromatic rings. The van der Waals surface area contributed by atoms with Crippen molar-refractivity contribution in [2.24, 2.45) is 0 Å². The van der Waals surface area contributed by atoms with E-state index in [4.69, 9.17) is 11.6 Å². The number of hydrogen-bond acceptors (Lipinski definition) is 2. The summed E-state index contributed by atoms with van der Waals surface area (Å²) in [5.41, 5.74) is -0.820. The first-order valence-corrected chi connectivity index (χ1v) is 6.06. The average Bonchev–Trinajstić information content (AvgIpc) is 2.35. The minimum absolute atomic E-state index is 0.0898. The van der Waals surface area contributed by atoms with E-state index in [1.807, 2.05) is 0 Å². The van der Waals surface area contributed by atoms with Gasteiger partial charge in [-0.1, -0.05) is 11.6 Å².